The Bertz CT molecular complexity index is 468. The Morgan fingerprint density at radius 2 is 2.27 bits per heavy atom. The first-order valence-corrected chi connectivity index (χ1v) is 4.12. The van der Waals surface area contributed by atoms with Crippen LogP contribution in [0.1, 0.15) is 0 Å². The molecule has 4 N–H and O–H groups in total. The first kappa shape index (κ1) is 9.25. The SMILES string of the molecule is COc1cc(-c2nn[nH]n2)cc(N)c1O. The van der Waals surface area contributed by atoms with Crippen LogP contribution in [0.2, 0.25) is 0 Å². The van der Waals surface area contributed by atoms with E-state index in [-0.39, 0.29) is 17.2 Å². The Morgan fingerprint density at radius 3 is 2.87 bits per heavy atom. The van der Waals surface area contributed by atoms with Crippen molar-refractivity contribution in [2.45, 2.75) is 0 Å². The Morgan fingerprint density at radius 1 is 1.47 bits per heavy atom. The number of hydrogen-bond donors (Lipinski definition) is 3. The minimum atomic E-state index is -0.0928. The molecule has 2 aromatic rings. The molecule has 0 atom stereocenters. The molecule has 2 rings (SSSR count). The van der Waals surface area contributed by atoms with Gasteiger partial charge in [-0.15, -0.1) is 10.2 Å². The van der Waals surface area contributed by atoms with Crippen LogP contribution in [0, 0.1) is 0 Å². The molecule has 1 heterocycles. The number of rotatable bonds is 2. The van der Waals surface area contributed by atoms with Crippen LogP contribution in [0.5, 0.6) is 11.5 Å². The Hall–Kier alpha value is -2.31. The van der Waals surface area contributed by atoms with Gasteiger partial charge in [0.05, 0.1) is 12.8 Å². The van der Waals surface area contributed by atoms with Gasteiger partial charge in [-0.25, -0.2) is 0 Å². The van der Waals surface area contributed by atoms with Crippen molar-refractivity contribution in [3.63, 3.8) is 0 Å². The summed E-state index contributed by atoms with van der Waals surface area (Å²) in [5.41, 5.74) is 6.41. The van der Waals surface area contributed by atoms with E-state index in [1.807, 2.05) is 0 Å². The molecule has 0 amide bonds. The van der Waals surface area contributed by atoms with Gasteiger partial charge < -0.3 is 15.6 Å². The highest BCUT2D eigenvalue weighted by molar-refractivity contribution is 5.70. The van der Waals surface area contributed by atoms with Gasteiger partial charge in [-0.3, -0.25) is 0 Å². The fraction of sp³-hybridized carbons (Fsp3) is 0.125. The third-order valence-electron chi connectivity index (χ3n) is 1.93. The van der Waals surface area contributed by atoms with E-state index in [9.17, 15) is 5.11 Å². The number of aromatic nitrogens is 4. The quantitative estimate of drug-likeness (QED) is 0.478. The largest absolute Gasteiger partial charge is 0.503 e. The summed E-state index contributed by atoms with van der Waals surface area (Å²) in [5, 5.41) is 22.8. The summed E-state index contributed by atoms with van der Waals surface area (Å²) in [6.45, 7) is 0. The van der Waals surface area contributed by atoms with E-state index in [0.717, 1.165) is 0 Å². The summed E-state index contributed by atoms with van der Waals surface area (Å²) >= 11 is 0. The average Bonchev–Trinajstić information content (AvgIpc) is 2.75. The Labute approximate surface area is 84.9 Å². The first-order chi connectivity index (χ1) is 7.22. The zero-order chi connectivity index (χ0) is 10.8. The number of phenolic OH excluding ortho intramolecular Hbond substituents is 1. The monoisotopic (exact) mass is 207 g/mol. The second kappa shape index (κ2) is 3.45. The summed E-state index contributed by atoms with van der Waals surface area (Å²) in [6, 6.07) is 3.12. The lowest BCUT2D eigenvalue weighted by Crippen LogP contribution is -1.92. The van der Waals surface area contributed by atoms with Crippen LogP contribution < -0.4 is 10.5 Å². The molecule has 15 heavy (non-hydrogen) atoms. The van der Waals surface area contributed by atoms with Gasteiger partial charge in [0.2, 0.25) is 5.82 Å². The second-order valence-corrected chi connectivity index (χ2v) is 2.85. The number of nitrogen functional groups attached to an aromatic ring is 1. The maximum atomic E-state index is 9.51. The second-order valence-electron chi connectivity index (χ2n) is 2.85. The summed E-state index contributed by atoms with van der Waals surface area (Å²) in [7, 11) is 1.44. The number of nitrogens with two attached hydrogens (primary N) is 1. The van der Waals surface area contributed by atoms with Crippen molar-refractivity contribution in [1.29, 1.82) is 0 Å². The first-order valence-electron chi connectivity index (χ1n) is 4.12. The molecular weight excluding hydrogens is 198 g/mol. The van der Waals surface area contributed by atoms with Crippen molar-refractivity contribution in [2.75, 3.05) is 12.8 Å². The van der Waals surface area contributed by atoms with Crippen molar-refractivity contribution in [3.8, 4) is 22.9 Å². The van der Waals surface area contributed by atoms with E-state index in [1.54, 1.807) is 12.1 Å². The lowest BCUT2D eigenvalue weighted by molar-refractivity contribution is 0.375. The number of hydrogen-bond acceptors (Lipinski definition) is 6. The summed E-state index contributed by atoms with van der Waals surface area (Å²) in [4.78, 5) is 0. The highest BCUT2D eigenvalue weighted by Gasteiger charge is 2.11. The van der Waals surface area contributed by atoms with Crippen LogP contribution in [0.25, 0.3) is 11.4 Å². The number of ether oxygens (including phenoxy) is 1. The van der Waals surface area contributed by atoms with Crippen LogP contribution >= 0.6 is 0 Å². The number of tetrazole rings is 1. The van der Waals surface area contributed by atoms with Gasteiger partial charge >= 0.3 is 0 Å². The van der Waals surface area contributed by atoms with Gasteiger partial charge in [0.15, 0.2) is 11.5 Å². The van der Waals surface area contributed by atoms with Crippen molar-refractivity contribution in [3.05, 3.63) is 12.1 Å². The number of nitrogens with one attached hydrogen (secondary N) is 1. The predicted octanol–water partition coefficient (Wildman–Crippen LogP) is 0.163. The van der Waals surface area contributed by atoms with Crippen LogP contribution in [0.15, 0.2) is 12.1 Å². The van der Waals surface area contributed by atoms with E-state index < -0.39 is 0 Å². The van der Waals surface area contributed by atoms with E-state index >= 15 is 0 Å². The maximum absolute atomic E-state index is 9.51. The lowest BCUT2D eigenvalue weighted by atomic mass is 10.1. The summed E-state index contributed by atoms with van der Waals surface area (Å²) in [6.07, 6.45) is 0. The van der Waals surface area contributed by atoms with Crippen LogP contribution in [0.3, 0.4) is 0 Å². The minimum absolute atomic E-state index is 0.0928. The number of phenols is 1. The molecule has 0 fully saturated rings. The van der Waals surface area contributed by atoms with Crippen molar-refractivity contribution in [2.24, 2.45) is 0 Å². The molecule has 0 aliphatic carbocycles. The van der Waals surface area contributed by atoms with Crippen molar-refractivity contribution >= 4 is 5.69 Å². The van der Waals surface area contributed by atoms with Crippen molar-refractivity contribution < 1.29 is 9.84 Å². The molecule has 0 radical (unpaired) electrons. The number of aromatic hydroxyl groups is 1. The van der Waals surface area contributed by atoms with E-state index in [1.165, 1.54) is 7.11 Å². The maximum Gasteiger partial charge on any atom is 0.204 e. The van der Waals surface area contributed by atoms with Gasteiger partial charge in [0.1, 0.15) is 0 Å². The highest BCUT2D eigenvalue weighted by Crippen LogP contribution is 2.35. The molecule has 0 bridgehead atoms. The molecule has 0 aliphatic rings. The molecule has 78 valence electrons. The number of H-pyrrole nitrogens is 1. The molecule has 1 aromatic heterocycles. The Balaban J connectivity index is 2.55. The highest BCUT2D eigenvalue weighted by atomic mass is 16.5. The molecule has 0 saturated carbocycles. The van der Waals surface area contributed by atoms with Crippen LogP contribution in [-0.2, 0) is 0 Å². The van der Waals surface area contributed by atoms with Gasteiger partial charge in [0.25, 0.3) is 0 Å². The zero-order valence-electron chi connectivity index (χ0n) is 7.93. The average molecular weight is 207 g/mol. The number of aromatic amines is 1. The topological polar surface area (TPSA) is 110 Å². The van der Waals surface area contributed by atoms with Gasteiger partial charge in [-0.05, 0) is 17.3 Å². The fourth-order valence-corrected chi connectivity index (χ4v) is 1.20. The number of anilines is 1. The standard InChI is InChI=1S/C8H9N5O2/c1-15-6-3-4(2-5(9)7(6)14)8-10-12-13-11-8/h2-3,14H,9H2,1H3,(H,10,11,12,13). The predicted molar refractivity (Wildman–Crippen MR) is 52.2 cm³/mol. The molecule has 0 spiro atoms. The van der Waals surface area contributed by atoms with Crippen LogP contribution in [-0.4, -0.2) is 32.8 Å². The van der Waals surface area contributed by atoms with E-state index in [4.69, 9.17) is 10.5 Å². The number of benzene rings is 1. The number of nitrogens with zero attached hydrogens (tertiary/aromatic N) is 3. The molecule has 1 aromatic carbocycles. The third kappa shape index (κ3) is 1.54. The fourth-order valence-electron chi connectivity index (χ4n) is 1.20. The molecule has 0 aliphatic heterocycles. The van der Waals surface area contributed by atoms with Gasteiger partial charge in [-0.2, -0.15) is 5.21 Å². The smallest absolute Gasteiger partial charge is 0.204 e. The normalized spacial score (nSPS) is 10.2. The molecule has 7 heteroatoms. The van der Waals surface area contributed by atoms with E-state index in [2.05, 4.69) is 20.6 Å². The minimum Gasteiger partial charge on any atom is -0.503 e. The van der Waals surface area contributed by atoms with E-state index in [0.29, 0.717) is 11.4 Å². The summed E-state index contributed by atoms with van der Waals surface area (Å²) in [5.74, 6) is 0.569. The third-order valence-corrected chi connectivity index (χ3v) is 1.93. The molecule has 0 saturated heterocycles. The van der Waals surface area contributed by atoms with Crippen LogP contribution in [0.4, 0.5) is 5.69 Å². The lowest BCUT2D eigenvalue weighted by Gasteiger charge is -2.07. The molecule has 0 unspecified atom stereocenters. The van der Waals surface area contributed by atoms with Gasteiger partial charge in [-0.1, -0.05) is 0 Å². The molecule has 7 nitrogen and oxygen atoms in total. The summed E-state index contributed by atoms with van der Waals surface area (Å²) < 4.78 is 4.95. The number of methoxy groups -OCH3 is 1. The van der Waals surface area contributed by atoms with Crippen molar-refractivity contribution in [1.82, 2.24) is 20.6 Å². The van der Waals surface area contributed by atoms with Gasteiger partial charge in [0, 0.05) is 5.56 Å². The zero-order valence-corrected chi connectivity index (χ0v) is 7.93. The Kier molecular flexibility index (Phi) is 2.13. The molecular formula is C8H9N5O2.